The third-order valence-corrected chi connectivity index (χ3v) is 5.69. The molecule has 2 N–H and O–H groups in total. The zero-order chi connectivity index (χ0) is 17.8. The Morgan fingerprint density at radius 1 is 1.24 bits per heavy atom. The zero-order valence-electron chi connectivity index (χ0n) is 14.1. The van der Waals surface area contributed by atoms with Crippen LogP contribution in [0.3, 0.4) is 0 Å². The van der Waals surface area contributed by atoms with E-state index in [9.17, 15) is 14.9 Å². The number of carbonyl (C=O) groups is 1. The largest absolute Gasteiger partial charge is 0.343 e. The van der Waals surface area contributed by atoms with Gasteiger partial charge in [-0.3, -0.25) is 14.9 Å². The van der Waals surface area contributed by atoms with Gasteiger partial charge in [0.25, 0.3) is 11.6 Å². The van der Waals surface area contributed by atoms with Crippen LogP contribution in [-0.2, 0) is 0 Å². The lowest BCUT2D eigenvalue weighted by Crippen LogP contribution is -3.11. The molecular formula is C18H22N3O3S+. The van der Waals surface area contributed by atoms with E-state index in [0.29, 0.717) is 5.56 Å². The number of nitrogens with one attached hydrogen (secondary N) is 2. The van der Waals surface area contributed by atoms with Crippen molar-refractivity contribution in [2.75, 3.05) is 13.1 Å². The topological polar surface area (TPSA) is 76.7 Å². The van der Waals surface area contributed by atoms with E-state index in [-0.39, 0.29) is 23.7 Å². The number of thiophene rings is 1. The number of likely N-dealkylation sites (tertiary alicyclic amines) is 1. The summed E-state index contributed by atoms with van der Waals surface area (Å²) in [6.07, 6.45) is 2.44. The van der Waals surface area contributed by atoms with Crippen molar-refractivity contribution in [1.29, 1.82) is 0 Å². The summed E-state index contributed by atoms with van der Waals surface area (Å²) < 4.78 is 0. The molecular weight excluding hydrogens is 338 g/mol. The molecule has 2 atom stereocenters. The molecule has 6 nitrogen and oxygen atoms in total. The molecule has 1 aromatic carbocycles. The van der Waals surface area contributed by atoms with Crippen LogP contribution in [0.25, 0.3) is 0 Å². The van der Waals surface area contributed by atoms with Crippen LogP contribution in [0.2, 0.25) is 0 Å². The fourth-order valence-corrected chi connectivity index (χ4v) is 4.51. The van der Waals surface area contributed by atoms with Crippen molar-refractivity contribution in [2.24, 2.45) is 0 Å². The van der Waals surface area contributed by atoms with Crippen molar-refractivity contribution in [3.8, 4) is 0 Å². The second kappa shape index (κ2) is 7.76. The first-order chi connectivity index (χ1) is 12.1. The Morgan fingerprint density at radius 2 is 1.92 bits per heavy atom. The number of rotatable bonds is 6. The molecule has 0 unspecified atom stereocenters. The van der Waals surface area contributed by atoms with Crippen LogP contribution in [0.1, 0.15) is 41.0 Å². The molecule has 1 fully saturated rings. The molecule has 2 heterocycles. The Labute approximate surface area is 150 Å². The summed E-state index contributed by atoms with van der Waals surface area (Å²) in [4.78, 5) is 25.6. The number of carbonyl (C=O) groups excluding carboxylic acids is 1. The van der Waals surface area contributed by atoms with Gasteiger partial charge in [0.2, 0.25) is 0 Å². The molecule has 2 aromatic rings. The van der Waals surface area contributed by atoms with Crippen LogP contribution >= 0.6 is 11.3 Å². The quantitative estimate of drug-likeness (QED) is 0.612. The van der Waals surface area contributed by atoms with E-state index in [2.05, 4.69) is 16.8 Å². The minimum absolute atomic E-state index is 0.0115. The van der Waals surface area contributed by atoms with E-state index in [1.54, 1.807) is 11.3 Å². The van der Waals surface area contributed by atoms with E-state index in [1.807, 2.05) is 13.0 Å². The van der Waals surface area contributed by atoms with Gasteiger partial charge in [-0.2, -0.15) is 0 Å². The van der Waals surface area contributed by atoms with Crippen LogP contribution in [0.4, 0.5) is 5.69 Å². The van der Waals surface area contributed by atoms with Gasteiger partial charge in [-0.05, 0) is 30.5 Å². The summed E-state index contributed by atoms with van der Waals surface area (Å²) in [6, 6.07) is 10.1. The van der Waals surface area contributed by atoms with Crippen molar-refractivity contribution in [3.63, 3.8) is 0 Å². The van der Waals surface area contributed by atoms with Crippen molar-refractivity contribution < 1.29 is 14.6 Å². The molecule has 1 aromatic heterocycles. The first-order valence-electron chi connectivity index (χ1n) is 8.49. The van der Waals surface area contributed by atoms with E-state index >= 15 is 0 Å². The maximum Gasteiger partial charge on any atom is 0.269 e. The lowest BCUT2D eigenvalue weighted by atomic mass is 10.1. The Bertz CT molecular complexity index is 725. The fourth-order valence-electron chi connectivity index (χ4n) is 3.52. The normalized spacial score (nSPS) is 17.2. The van der Waals surface area contributed by atoms with Crippen LogP contribution in [0.15, 0.2) is 41.8 Å². The predicted octanol–water partition coefficient (Wildman–Crippen LogP) is 2.19. The second-order valence-corrected chi connectivity index (χ2v) is 7.40. The fraction of sp³-hybridized carbons (Fsp3) is 0.389. The summed E-state index contributed by atoms with van der Waals surface area (Å²) in [5.41, 5.74) is 0.432. The maximum atomic E-state index is 12.5. The highest BCUT2D eigenvalue weighted by Crippen LogP contribution is 2.21. The number of amides is 1. The van der Waals surface area contributed by atoms with Gasteiger partial charge in [0, 0.05) is 30.5 Å². The van der Waals surface area contributed by atoms with E-state index in [0.717, 1.165) is 13.1 Å². The lowest BCUT2D eigenvalue weighted by molar-refractivity contribution is -0.920. The summed E-state index contributed by atoms with van der Waals surface area (Å²) >= 11 is 1.73. The molecule has 1 aliphatic heterocycles. The zero-order valence-corrected chi connectivity index (χ0v) is 14.9. The van der Waals surface area contributed by atoms with Gasteiger partial charge in [-0.1, -0.05) is 6.07 Å². The molecule has 0 saturated carbocycles. The minimum Gasteiger partial charge on any atom is -0.343 e. The summed E-state index contributed by atoms with van der Waals surface area (Å²) in [6.45, 7) is 4.29. The van der Waals surface area contributed by atoms with Gasteiger partial charge < -0.3 is 10.2 Å². The summed E-state index contributed by atoms with van der Waals surface area (Å²) in [7, 11) is 0. The number of hydrogen-bond acceptors (Lipinski definition) is 4. The first-order valence-corrected chi connectivity index (χ1v) is 9.37. The molecule has 7 heteroatoms. The summed E-state index contributed by atoms with van der Waals surface area (Å²) in [5.74, 6) is -0.192. The average Bonchev–Trinajstić information content (AvgIpc) is 3.29. The number of non-ortho nitro benzene ring substituents is 1. The van der Waals surface area contributed by atoms with Crippen molar-refractivity contribution >= 4 is 22.9 Å². The molecule has 0 spiro atoms. The molecule has 0 aliphatic carbocycles. The van der Waals surface area contributed by atoms with Gasteiger partial charge in [0.05, 0.1) is 28.9 Å². The number of nitro groups is 1. The van der Waals surface area contributed by atoms with Gasteiger partial charge in [-0.15, -0.1) is 11.3 Å². The molecule has 0 radical (unpaired) electrons. The van der Waals surface area contributed by atoms with E-state index in [4.69, 9.17) is 0 Å². The van der Waals surface area contributed by atoms with Gasteiger partial charge in [0.15, 0.2) is 0 Å². The number of benzene rings is 1. The summed E-state index contributed by atoms with van der Waals surface area (Å²) in [5, 5.41) is 15.9. The smallest absolute Gasteiger partial charge is 0.269 e. The molecule has 1 saturated heterocycles. The van der Waals surface area contributed by atoms with Gasteiger partial charge in [0.1, 0.15) is 6.04 Å². The Balaban J connectivity index is 1.73. The monoisotopic (exact) mass is 360 g/mol. The van der Waals surface area contributed by atoms with E-state index < -0.39 is 4.92 Å². The molecule has 3 rings (SSSR count). The highest BCUT2D eigenvalue weighted by molar-refractivity contribution is 7.10. The minimum atomic E-state index is -0.464. The van der Waals surface area contributed by atoms with Crippen molar-refractivity contribution in [2.45, 2.75) is 31.8 Å². The van der Waals surface area contributed by atoms with Gasteiger partial charge >= 0.3 is 0 Å². The van der Waals surface area contributed by atoms with Crippen LogP contribution in [0.5, 0.6) is 0 Å². The van der Waals surface area contributed by atoms with Crippen LogP contribution in [0, 0.1) is 10.1 Å². The maximum absolute atomic E-state index is 12.5. The van der Waals surface area contributed by atoms with Crippen molar-refractivity contribution in [3.05, 3.63) is 62.3 Å². The first kappa shape index (κ1) is 17.6. The molecule has 0 bridgehead atoms. The van der Waals surface area contributed by atoms with Crippen molar-refractivity contribution in [1.82, 2.24) is 5.32 Å². The standard InChI is InChI=1S/C18H21N3O3S/c1-13(17(16-5-4-12-25-16)20-10-2-3-11-20)19-18(22)14-6-8-15(9-7-14)21(23)24/h4-9,12-13,17H,2-3,10-11H2,1H3,(H,19,22)/p+1/t13-,17+/m1/s1. The number of nitrogens with zero attached hydrogens (tertiary/aromatic N) is 1. The highest BCUT2D eigenvalue weighted by atomic mass is 32.1. The number of nitro benzene ring substituents is 1. The SMILES string of the molecule is C[C@@H](NC(=O)c1ccc([N+](=O)[O-])cc1)[C@@H](c1cccs1)[NH+]1CCCC1. The highest BCUT2D eigenvalue weighted by Gasteiger charge is 2.33. The molecule has 132 valence electrons. The third-order valence-electron chi connectivity index (χ3n) is 4.73. The molecule has 1 amide bonds. The third kappa shape index (κ3) is 4.05. The van der Waals surface area contributed by atoms with E-state index in [1.165, 1.54) is 46.9 Å². The Kier molecular flexibility index (Phi) is 5.45. The number of hydrogen-bond donors (Lipinski definition) is 2. The Hall–Kier alpha value is -2.25. The second-order valence-electron chi connectivity index (χ2n) is 6.42. The van der Waals surface area contributed by atoms with Crippen LogP contribution in [-0.4, -0.2) is 30.0 Å². The molecule has 1 aliphatic rings. The average molecular weight is 360 g/mol. The predicted molar refractivity (Wildman–Crippen MR) is 97.0 cm³/mol. The van der Waals surface area contributed by atoms with Crippen LogP contribution < -0.4 is 10.2 Å². The van der Waals surface area contributed by atoms with Gasteiger partial charge in [-0.25, -0.2) is 0 Å². The molecule has 25 heavy (non-hydrogen) atoms. The Morgan fingerprint density at radius 3 is 2.48 bits per heavy atom. The lowest BCUT2D eigenvalue weighted by Gasteiger charge is -2.29. The number of quaternary nitrogens is 1.